The molecule has 1 fully saturated rings. The summed E-state index contributed by atoms with van der Waals surface area (Å²) in [4.78, 5) is 14.4. The topological polar surface area (TPSA) is 41.6 Å². The highest BCUT2D eigenvalue weighted by atomic mass is 79.9. The molecule has 0 aliphatic carbocycles. The second kappa shape index (κ2) is 7.76. The molecule has 0 radical (unpaired) electrons. The molecule has 1 aromatic carbocycles. The molecule has 1 aliphatic heterocycles. The number of hydrogen-bond acceptors (Lipinski definition) is 3. The molecule has 1 amide bonds. The van der Waals surface area contributed by atoms with Gasteiger partial charge in [0.15, 0.2) is 0 Å². The molecule has 4 nitrogen and oxygen atoms in total. The van der Waals surface area contributed by atoms with Crippen molar-refractivity contribution in [3.8, 4) is 0 Å². The highest BCUT2D eigenvalue weighted by molar-refractivity contribution is 9.10. The minimum absolute atomic E-state index is 0.00726. The maximum absolute atomic E-state index is 12.0. The number of carbonyl (C=O) groups excluding carboxylic acids is 1. The molecule has 2 rings (SSSR count). The van der Waals surface area contributed by atoms with Crippen LogP contribution in [0.25, 0.3) is 0 Å². The quantitative estimate of drug-likeness (QED) is 0.862. The van der Waals surface area contributed by atoms with Crippen molar-refractivity contribution in [3.05, 3.63) is 34.3 Å². The molecular formula is C15H21BrN2O2. The van der Waals surface area contributed by atoms with Gasteiger partial charge in [0.25, 0.3) is 5.91 Å². The van der Waals surface area contributed by atoms with Crippen molar-refractivity contribution < 1.29 is 9.53 Å². The summed E-state index contributed by atoms with van der Waals surface area (Å²) in [5.41, 5.74) is 0.711. The van der Waals surface area contributed by atoms with Crippen LogP contribution in [0.15, 0.2) is 28.7 Å². The predicted molar refractivity (Wildman–Crippen MR) is 82.9 cm³/mol. The van der Waals surface area contributed by atoms with Gasteiger partial charge in [0.2, 0.25) is 0 Å². The Bertz CT molecular complexity index is 436. The molecule has 1 heterocycles. The van der Waals surface area contributed by atoms with Gasteiger partial charge in [0, 0.05) is 36.8 Å². The first kappa shape index (κ1) is 15.5. The molecule has 0 saturated carbocycles. The monoisotopic (exact) mass is 340 g/mol. The Morgan fingerprint density at radius 1 is 1.45 bits per heavy atom. The lowest BCUT2D eigenvalue weighted by atomic mass is 10.1. The van der Waals surface area contributed by atoms with E-state index in [-0.39, 0.29) is 5.91 Å². The van der Waals surface area contributed by atoms with Crippen LogP contribution in [-0.2, 0) is 4.74 Å². The number of carbonyl (C=O) groups is 1. The molecule has 1 aromatic rings. The van der Waals surface area contributed by atoms with Crippen molar-refractivity contribution in [2.24, 2.45) is 5.92 Å². The number of ether oxygens (including phenoxy) is 1. The summed E-state index contributed by atoms with van der Waals surface area (Å²) in [6.07, 6.45) is 1.14. The zero-order valence-corrected chi connectivity index (χ0v) is 13.4. The Kier molecular flexibility index (Phi) is 6.01. The fourth-order valence-corrected chi connectivity index (χ4v) is 2.71. The Hall–Kier alpha value is -0.910. The highest BCUT2D eigenvalue weighted by Gasteiger charge is 2.22. The third kappa shape index (κ3) is 4.58. The molecule has 0 bridgehead atoms. The first-order valence-corrected chi connectivity index (χ1v) is 7.73. The van der Waals surface area contributed by atoms with Crippen molar-refractivity contribution in [3.63, 3.8) is 0 Å². The van der Waals surface area contributed by atoms with Gasteiger partial charge < -0.3 is 15.0 Å². The van der Waals surface area contributed by atoms with E-state index in [0.717, 1.165) is 43.7 Å². The van der Waals surface area contributed by atoms with Gasteiger partial charge in [-0.2, -0.15) is 0 Å². The van der Waals surface area contributed by atoms with E-state index in [1.54, 1.807) is 7.11 Å². The number of hydrogen-bond donors (Lipinski definition) is 1. The molecule has 20 heavy (non-hydrogen) atoms. The normalized spacial score (nSPS) is 19.2. The fraction of sp³-hybridized carbons (Fsp3) is 0.533. The lowest BCUT2D eigenvalue weighted by molar-refractivity contribution is 0.0946. The van der Waals surface area contributed by atoms with Gasteiger partial charge in [-0.25, -0.2) is 0 Å². The van der Waals surface area contributed by atoms with E-state index in [1.165, 1.54) is 0 Å². The first-order valence-electron chi connectivity index (χ1n) is 6.94. The van der Waals surface area contributed by atoms with Crippen LogP contribution in [0, 0.1) is 5.92 Å². The van der Waals surface area contributed by atoms with Gasteiger partial charge in [0.1, 0.15) is 0 Å². The summed E-state index contributed by atoms with van der Waals surface area (Å²) in [6, 6.07) is 7.44. The molecule has 1 N–H and O–H groups in total. The minimum atomic E-state index is 0.00726. The molecule has 1 saturated heterocycles. The maximum Gasteiger partial charge on any atom is 0.251 e. The third-order valence-electron chi connectivity index (χ3n) is 3.64. The van der Waals surface area contributed by atoms with Gasteiger partial charge in [0.05, 0.1) is 6.61 Å². The smallest absolute Gasteiger partial charge is 0.251 e. The minimum Gasteiger partial charge on any atom is -0.383 e. The number of likely N-dealkylation sites (tertiary alicyclic amines) is 1. The first-order chi connectivity index (χ1) is 9.69. The average Bonchev–Trinajstić information content (AvgIpc) is 2.91. The molecule has 0 aromatic heterocycles. The van der Waals surface area contributed by atoms with E-state index in [9.17, 15) is 4.79 Å². The van der Waals surface area contributed by atoms with Crippen LogP contribution in [-0.4, -0.2) is 50.7 Å². The highest BCUT2D eigenvalue weighted by Crippen LogP contribution is 2.15. The van der Waals surface area contributed by atoms with Gasteiger partial charge in [-0.1, -0.05) is 15.9 Å². The molecule has 110 valence electrons. The van der Waals surface area contributed by atoms with E-state index in [1.807, 2.05) is 24.3 Å². The van der Waals surface area contributed by atoms with Gasteiger partial charge in [-0.15, -0.1) is 0 Å². The fourth-order valence-electron chi connectivity index (χ4n) is 2.44. The molecule has 0 unspecified atom stereocenters. The van der Waals surface area contributed by atoms with Gasteiger partial charge >= 0.3 is 0 Å². The van der Waals surface area contributed by atoms with Crippen molar-refractivity contribution in [2.75, 3.05) is 39.9 Å². The SMILES string of the molecule is COCCN1CC[C@@H](CNC(=O)c2ccc(Br)cc2)C1. The Balaban J connectivity index is 1.73. The maximum atomic E-state index is 12.0. The van der Waals surface area contributed by atoms with Crippen LogP contribution in [0.3, 0.4) is 0 Å². The van der Waals surface area contributed by atoms with E-state index >= 15 is 0 Å². The van der Waals surface area contributed by atoms with Gasteiger partial charge in [-0.05, 0) is 43.1 Å². The largest absolute Gasteiger partial charge is 0.383 e. The Morgan fingerprint density at radius 3 is 2.90 bits per heavy atom. The van der Waals surface area contributed by atoms with Crippen molar-refractivity contribution in [1.29, 1.82) is 0 Å². The Morgan fingerprint density at radius 2 is 2.20 bits per heavy atom. The predicted octanol–water partition coefficient (Wildman–Crippen LogP) is 2.15. The Labute approximate surface area is 128 Å². The zero-order chi connectivity index (χ0) is 14.4. The summed E-state index contributed by atoms with van der Waals surface area (Å²) in [6.45, 7) is 4.65. The summed E-state index contributed by atoms with van der Waals surface area (Å²) in [5.74, 6) is 0.555. The lowest BCUT2D eigenvalue weighted by Crippen LogP contribution is -2.31. The summed E-state index contributed by atoms with van der Waals surface area (Å²) < 4.78 is 6.07. The number of rotatable bonds is 6. The van der Waals surface area contributed by atoms with Crippen molar-refractivity contribution in [2.45, 2.75) is 6.42 Å². The second-order valence-corrected chi connectivity index (χ2v) is 6.08. The van der Waals surface area contributed by atoms with Crippen molar-refractivity contribution >= 4 is 21.8 Å². The number of benzene rings is 1. The van der Waals surface area contributed by atoms with Crippen molar-refractivity contribution in [1.82, 2.24) is 10.2 Å². The summed E-state index contributed by atoms with van der Waals surface area (Å²) in [5, 5.41) is 3.02. The lowest BCUT2D eigenvalue weighted by Gasteiger charge is -2.15. The standard InChI is InChI=1S/C15H21BrN2O2/c1-20-9-8-18-7-6-12(11-18)10-17-15(19)13-2-4-14(16)5-3-13/h2-5,12H,6-11H2,1H3,(H,17,19)/t12-/m0/s1. The van der Waals surface area contributed by atoms with Crippen LogP contribution in [0.4, 0.5) is 0 Å². The molecule has 0 spiro atoms. The molecule has 5 heteroatoms. The number of methoxy groups -OCH3 is 1. The van der Waals surface area contributed by atoms with Crippen LogP contribution >= 0.6 is 15.9 Å². The zero-order valence-electron chi connectivity index (χ0n) is 11.8. The van der Waals surface area contributed by atoms with Crippen LogP contribution in [0.1, 0.15) is 16.8 Å². The van der Waals surface area contributed by atoms with Crippen LogP contribution in [0.2, 0.25) is 0 Å². The summed E-state index contributed by atoms with van der Waals surface area (Å²) in [7, 11) is 1.73. The van der Waals surface area contributed by atoms with E-state index in [4.69, 9.17) is 4.74 Å². The van der Waals surface area contributed by atoms with E-state index < -0.39 is 0 Å². The summed E-state index contributed by atoms with van der Waals surface area (Å²) >= 11 is 3.37. The molecule has 1 aliphatic rings. The van der Waals surface area contributed by atoms with Gasteiger partial charge in [-0.3, -0.25) is 4.79 Å². The number of nitrogens with one attached hydrogen (secondary N) is 1. The third-order valence-corrected chi connectivity index (χ3v) is 4.17. The van der Waals surface area contributed by atoms with E-state index in [0.29, 0.717) is 11.5 Å². The second-order valence-electron chi connectivity index (χ2n) is 5.17. The van der Waals surface area contributed by atoms with Crippen LogP contribution < -0.4 is 5.32 Å². The average molecular weight is 341 g/mol. The number of nitrogens with zero attached hydrogens (tertiary/aromatic N) is 1. The molecule has 1 atom stereocenters. The van der Waals surface area contributed by atoms with E-state index in [2.05, 4.69) is 26.1 Å². The van der Waals surface area contributed by atoms with Crippen LogP contribution in [0.5, 0.6) is 0 Å². The number of amides is 1. The molecular weight excluding hydrogens is 320 g/mol. The number of halogens is 1.